The zero-order chi connectivity index (χ0) is 17.8. The second-order valence-corrected chi connectivity index (χ2v) is 5.95. The zero-order valence-corrected chi connectivity index (χ0v) is 14.5. The fourth-order valence-corrected chi connectivity index (χ4v) is 3.12. The molecule has 25 heavy (non-hydrogen) atoms. The third kappa shape index (κ3) is 3.69. The van der Waals surface area contributed by atoms with Crippen molar-refractivity contribution in [3.05, 3.63) is 46.1 Å². The first-order valence-corrected chi connectivity index (χ1v) is 8.26. The lowest BCUT2D eigenvalue weighted by atomic mass is 10.2. The summed E-state index contributed by atoms with van der Waals surface area (Å²) in [4.78, 5) is 33.2. The zero-order valence-electron chi connectivity index (χ0n) is 14.5. The van der Waals surface area contributed by atoms with Crippen molar-refractivity contribution < 1.29 is 9.53 Å². The number of hydrogen-bond acceptors (Lipinski definition) is 5. The number of imidazole rings is 1. The number of aromatic amines is 2. The molecular formula is C17H23N5O3. The molecule has 1 saturated heterocycles. The summed E-state index contributed by atoms with van der Waals surface area (Å²) in [5, 5.41) is 2.54. The van der Waals surface area contributed by atoms with Gasteiger partial charge in [-0.05, 0) is 12.1 Å². The van der Waals surface area contributed by atoms with Crippen LogP contribution in [-0.4, -0.2) is 61.1 Å². The molecule has 1 aliphatic rings. The average Bonchev–Trinajstić information content (AvgIpc) is 3.02. The summed E-state index contributed by atoms with van der Waals surface area (Å²) in [7, 11) is 3.22. The Morgan fingerprint density at radius 3 is 2.60 bits per heavy atom. The molecular weight excluding hydrogens is 322 g/mol. The lowest BCUT2D eigenvalue weighted by Gasteiger charge is -2.36. The van der Waals surface area contributed by atoms with Gasteiger partial charge in [0.15, 0.2) is 0 Å². The molecule has 8 nitrogen and oxygen atoms in total. The molecule has 0 saturated carbocycles. The van der Waals surface area contributed by atoms with Crippen LogP contribution in [-0.2, 0) is 6.54 Å². The average molecular weight is 345 g/mol. The molecule has 0 bridgehead atoms. The monoisotopic (exact) mass is 345 g/mol. The van der Waals surface area contributed by atoms with Crippen molar-refractivity contribution in [1.82, 2.24) is 20.2 Å². The molecule has 0 spiro atoms. The van der Waals surface area contributed by atoms with Gasteiger partial charge in [0.1, 0.15) is 11.4 Å². The quantitative estimate of drug-likeness (QED) is 0.729. The third-order valence-electron chi connectivity index (χ3n) is 4.44. The minimum atomic E-state index is -0.360. The predicted octanol–water partition coefficient (Wildman–Crippen LogP) is 0.393. The number of para-hydroxylation sites is 2. The van der Waals surface area contributed by atoms with Gasteiger partial charge >= 0.3 is 5.69 Å². The van der Waals surface area contributed by atoms with Crippen LogP contribution in [0.4, 0.5) is 5.69 Å². The lowest BCUT2D eigenvalue weighted by Crippen LogP contribution is -2.46. The molecule has 0 atom stereocenters. The molecule has 1 aromatic heterocycles. The van der Waals surface area contributed by atoms with Crippen LogP contribution in [0, 0.1) is 0 Å². The summed E-state index contributed by atoms with van der Waals surface area (Å²) < 4.78 is 5.43. The number of carbonyl (C=O) groups is 1. The highest BCUT2D eigenvalue weighted by Crippen LogP contribution is 2.28. The minimum Gasteiger partial charge on any atom is -0.495 e. The number of amides is 1. The van der Waals surface area contributed by atoms with E-state index in [0.717, 1.165) is 37.6 Å². The summed E-state index contributed by atoms with van der Waals surface area (Å²) in [6.45, 7) is 3.90. The van der Waals surface area contributed by atoms with Gasteiger partial charge in [-0.2, -0.15) is 0 Å². The van der Waals surface area contributed by atoms with Gasteiger partial charge in [0, 0.05) is 39.8 Å². The standard InChI is InChI=1S/C17H23N5O3/c1-18-16(23)15-12(19-17(24)20-15)11-21-7-9-22(10-8-21)13-5-3-4-6-14(13)25-2/h3-6H,7-11H2,1-2H3,(H,18,23)(H2,19,20,24). The second-order valence-electron chi connectivity index (χ2n) is 5.95. The maximum absolute atomic E-state index is 11.9. The summed E-state index contributed by atoms with van der Waals surface area (Å²) >= 11 is 0. The molecule has 2 heterocycles. The highest BCUT2D eigenvalue weighted by Gasteiger charge is 2.22. The van der Waals surface area contributed by atoms with E-state index in [4.69, 9.17) is 4.74 Å². The van der Waals surface area contributed by atoms with Crippen LogP contribution < -0.4 is 20.6 Å². The molecule has 1 aliphatic heterocycles. The predicted molar refractivity (Wildman–Crippen MR) is 95.3 cm³/mol. The van der Waals surface area contributed by atoms with Gasteiger partial charge in [0.25, 0.3) is 5.91 Å². The Balaban J connectivity index is 1.66. The van der Waals surface area contributed by atoms with Crippen LogP contribution in [0.1, 0.15) is 16.2 Å². The number of benzene rings is 1. The molecule has 1 fully saturated rings. The largest absolute Gasteiger partial charge is 0.495 e. The van der Waals surface area contributed by atoms with Crippen LogP contribution in [0.3, 0.4) is 0 Å². The van der Waals surface area contributed by atoms with Gasteiger partial charge in [-0.3, -0.25) is 9.69 Å². The van der Waals surface area contributed by atoms with Crippen molar-refractivity contribution in [2.24, 2.45) is 0 Å². The van der Waals surface area contributed by atoms with Crippen LogP contribution in [0.2, 0.25) is 0 Å². The van der Waals surface area contributed by atoms with E-state index in [1.165, 1.54) is 0 Å². The summed E-state index contributed by atoms with van der Waals surface area (Å²) in [6.07, 6.45) is 0. The van der Waals surface area contributed by atoms with Gasteiger partial charge < -0.3 is 24.9 Å². The van der Waals surface area contributed by atoms with E-state index in [1.807, 2.05) is 18.2 Å². The fraction of sp³-hybridized carbons (Fsp3) is 0.412. The van der Waals surface area contributed by atoms with E-state index in [-0.39, 0.29) is 11.6 Å². The van der Waals surface area contributed by atoms with Crippen molar-refractivity contribution >= 4 is 11.6 Å². The molecule has 8 heteroatoms. The number of ether oxygens (including phenoxy) is 1. The molecule has 3 N–H and O–H groups in total. The summed E-state index contributed by atoms with van der Waals surface area (Å²) in [5.74, 6) is 0.578. The van der Waals surface area contributed by atoms with E-state index < -0.39 is 0 Å². The Morgan fingerprint density at radius 1 is 1.20 bits per heavy atom. The Hall–Kier alpha value is -2.74. The van der Waals surface area contributed by atoms with E-state index in [2.05, 4.69) is 31.2 Å². The summed E-state index contributed by atoms with van der Waals surface area (Å²) in [5.41, 5.74) is 1.65. The SMILES string of the molecule is CNC(=O)c1[nH]c(=O)[nH]c1CN1CCN(c2ccccc2OC)CC1. The Bertz CT molecular complexity index is 790. The second kappa shape index (κ2) is 7.43. The highest BCUT2D eigenvalue weighted by atomic mass is 16.5. The molecule has 1 amide bonds. The first kappa shape index (κ1) is 17.1. The van der Waals surface area contributed by atoms with Crippen molar-refractivity contribution in [1.29, 1.82) is 0 Å². The first-order chi connectivity index (χ1) is 12.1. The van der Waals surface area contributed by atoms with E-state index in [1.54, 1.807) is 14.2 Å². The number of H-pyrrole nitrogens is 2. The van der Waals surface area contributed by atoms with Gasteiger partial charge in [0.05, 0.1) is 18.5 Å². The smallest absolute Gasteiger partial charge is 0.323 e. The molecule has 1 aromatic carbocycles. The maximum atomic E-state index is 11.9. The van der Waals surface area contributed by atoms with E-state index >= 15 is 0 Å². The van der Waals surface area contributed by atoms with Crippen molar-refractivity contribution in [2.45, 2.75) is 6.54 Å². The van der Waals surface area contributed by atoms with Crippen LogP contribution in [0.5, 0.6) is 5.75 Å². The number of rotatable bonds is 5. The minimum absolute atomic E-state index is 0.291. The van der Waals surface area contributed by atoms with Gasteiger partial charge in [-0.25, -0.2) is 4.79 Å². The number of methoxy groups -OCH3 is 1. The number of nitrogens with one attached hydrogen (secondary N) is 3. The van der Waals surface area contributed by atoms with Crippen molar-refractivity contribution in [3.8, 4) is 5.75 Å². The molecule has 0 radical (unpaired) electrons. The molecule has 0 unspecified atom stereocenters. The highest BCUT2D eigenvalue weighted by molar-refractivity contribution is 5.93. The number of nitrogens with zero attached hydrogens (tertiary/aromatic N) is 2. The van der Waals surface area contributed by atoms with Gasteiger partial charge in [0.2, 0.25) is 0 Å². The van der Waals surface area contributed by atoms with E-state index in [9.17, 15) is 9.59 Å². The summed E-state index contributed by atoms with van der Waals surface area (Å²) in [6, 6.07) is 7.98. The lowest BCUT2D eigenvalue weighted by molar-refractivity contribution is 0.0956. The molecule has 3 rings (SSSR count). The number of hydrogen-bond donors (Lipinski definition) is 3. The molecule has 0 aliphatic carbocycles. The normalized spacial score (nSPS) is 15.2. The fourth-order valence-electron chi connectivity index (χ4n) is 3.12. The Kier molecular flexibility index (Phi) is 5.08. The number of aromatic nitrogens is 2. The topological polar surface area (TPSA) is 93.5 Å². The van der Waals surface area contributed by atoms with Gasteiger partial charge in [-0.15, -0.1) is 0 Å². The Labute approximate surface area is 145 Å². The first-order valence-electron chi connectivity index (χ1n) is 8.26. The third-order valence-corrected chi connectivity index (χ3v) is 4.44. The van der Waals surface area contributed by atoms with Gasteiger partial charge in [-0.1, -0.05) is 12.1 Å². The van der Waals surface area contributed by atoms with Crippen molar-refractivity contribution in [3.63, 3.8) is 0 Å². The molecule has 2 aromatic rings. The van der Waals surface area contributed by atoms with E-state index in [0.29, 0.717) is 17.9 Å². The van der Waals surface area contributed by atoms with Crippen molar-refractivity contribution in [2.75, 3.05) is 45.2 Å². The number of carbonyl (C=O) groups excluding carboxylic acids is 1. The van der Waals surface area contributed by atoms with Crippen LogP contribution in [0.15, 0.2) is 29.1 Å². The maximum Gasteiger partial charge on any atom is 0.323 e. The number of anilines is 1. The van der Waals surface area contributed by atoms with Crippen LogP contribution in [0.25, 0.3) is 0 Å². The van der Waals surface area contributed by atoms with Crippen LogP contribution >= 0.6 is 0 Å². The molecule has 134 valence electrons. The number of piperazine rings is 1. The Morgan fingerprint density at radius 2 is 1.92 bits per heavy atom.